The lowest BCUT2D eigenvalue weighted by molar-refractivity contribution is -0.182. The summed E-state index contributed by atoms with van der Waals surface area (Å²) in [6.45, 7) is 0.711. The lowest BCUT2D eigenvalue weighted by Crippen LogP contribution is -2.37. The monoisotopic (exact) mass is 402 g/mol. The predicted octanol–water partition coefficient (Wildman–Crippen LogP) is 2.70. The average Bonchev–Trinajstić information content (AvgIpc) is 3.01. The van der Waals surface area contributed by atoms with Crippen molar-refractivity contribution >= 4 is 17.9 Å². The van der Waals surface area contributed by atoms with Crippen LogP contribution in [0.15, 0.2) is 60.7 Å². The number of halogens is 1. The predicted molar refractivity (Wildman–Crippen MR) is 97.7 cm³/mol. The van der Waals surface area contributed by atoms with Crippen LogP contribution in [0.4, 0.5) is 4.39 Å². The van der Waals surface area contributed by atoms with Gasteiger partial charge in [-0.3, -0.25) is 4.79 Å². The molecule has 0 aromatic heterocycles. The van der Waals surface area contributed by atoms with Crippen molar-refractivity contribution in [2.24, 2.45) is 0 Å². The van der Waals surface area contributed by atoms with Crippen molar-refractivity contribution in [2.75, 3.05) is 6.61 Å². The van der Waals surface area contributed by atoms with Crippen molar-refractivity contribution in [1.82, 2.24) is 0 Å². The van der Waals surface area contributed by atoms with Gasteiger partial charge in [0.1, 0.15) is 12.7 Å². The lowest BCUT2D eigenvalue weighted by atomic mass is 10.1. The van der Waals surface area contributed by atoms with Crippen LogP contribution in [0.5, 0.6) is 0 Å². The van der Waals surface area contributed by atoms with Crippen LogP contribution in [0.2, 0.25) is 0 Å². The summed E-state index contributed by atoms with van der Waals surface area (Å²) in [6.07, 6.45) is -6.07. The first kappa shape index (κ1) is 20.5. The van der Waals surface area contributed by atoms with E-state index >= 15 is 0 Å². The molecule has 1 aliphatic heterocycles. The van der Waals surface area contributed by atoms with Gasteiger partial charge in [0.2, 0.25) is 12.5 Å². The van der Waals surface area contributed by atoms with Gasteiger partial charge in [-0.05, 0) is 24.3 Å². The highest BCUT2D eigenvalue weighted by Crippen LogP contribution is 2.29. The molecular formula is C21H19FO7. The SMILES string of the molecule is CC(=O)O[C@@H]1O[C@H](COC(=O)c2ccccc2)[C@@H](OC(=O)c2ccccc2)[C@H]1F. The zero-order valence-electron chi connectivity index (χ0n) is 15.5. The van der Waals surface area contributed by atoms with Gasteiger partial charge in [-0.2, -0.15) is 0 Å². The molecule has 2 aromatic carbocycles. The Morgan fingerprint density at radius 3 is 2.00 bits per heavy atom. The van der Waals surface area contributed by atoms with Crippen LogP contribution < -0.4 is 0 Å². The highest BCUT2D eigenvalue weighted by molar-refractivity contribution is 5.90. The highest BCUT2D eigenvalue weighted by Gasteiger charge is 2.50. The lowest BCUT2D eigenvalue weighted by Gasteiger charge is -2.19. The van der Waals surface area contributed by atoms with Crippen LogP contribution in [-0.2, 0) is 23.7 Å². The standard InChI is InChI=1S/C21H19FO7/c1-13(23)27-21-17(22)18(29-20(25)15-10-6-3-7-11-15)16(28-21)12-26-19(24)14-8-4-2-5-9-14/h2-11,16-18,21H,12H2,1H3/t16-,17-,18-,21-/m1/s1. The fourth-order valence-electron chi connectivity index (χ4n) is 2.80. The number of hydrogen-bond donors (Lipinski definition) is 0. The molecule has 0 saturated carbocycles. The summed E-state index contributed by atoms with van der Waals surface area (Å²) in [5.74, 6) is -2.17. The molecule has 0 amide bonds. The van der Waals surface area contributed by atoms with Gasteiger partial charge in [0.25, 0.3) is 0 Å². The van der Waals surface area contributed by atoms with E-state index in [1.807, 2.05) is 0 Å². The van der Waals surface area contributed by atoms with Crippen molar-refractivity contribution in [3.8, 4) is 0 Å². The van der Waals surface area contributed by atoms with E-state index in [2.05, 4.69) is 0 Å². The van der Waals surface area contributed by atoms with Crippen LogP contribution in [0.25, 0.3) is 0 Å². The summed E-state index contributed by atoms with van der Waals surface area (Å²) in [4.78, 5) is 35.6. The van der Waals surface area contributed by atoms with Crippen molar-refractivity contribution in [3.63, 3.8) is 0 Å². The minimum atomic E-state index is -1.94. The molecule has 0 bridgehead atoms. The van der Waals surface area contributed by atoms with Gasteiger partial charge in [0.15, 0.2) is 6.10 Å². The molecule has 0 N–H and O–H groups in total. The fourth-order valence-corrected chi connectivity index (χ4v) is 2.80. The molecule has 0 spiro atoms. The fraction of sp³-hybridized carbons (Fsp3) is 0.286. The maximum Gasteiger partial charge on any atom is 0.338 e. The summed E-state index contributed by atoms with van der Waals surface area (Å²) in [5, 5.41) is 0. The Bertz CT molecular complexity index is 856. The second-order valence-corrected chi connectivity index (χ2v) is 6.30. The van der Waals surface area contributed by atoms with Gasteiger partial charge in [-0.25, -0.2) is 14.0 Å². The van der Waals surface area contributed by atoms with E-state index in [1.54, 1.807) is 48.5 Å². The minimum Gasteiger partial charge on any atom is -0.459 e. The first-order chi connectivity index (χ1) is 14.0. The average molecular weight is 402 g/mol. The largest absolute Gasteiger partial charge is 0.459 e. The van der Waals surface area contributed by atoms with E-state index in [9.17, 15) is 18.8 Å². The van der Waals surface area contributed by atoms with Gasteiger partial charge in [-0.1, -0.05) is 36.4 Å². The third-order valence-corrected chi connectivity index (χ3v) is 4.17. The smallest absolute Gasteiger partial charge is 0.338 e. The first-order valence-corrected chi connectivity index (χ1v) is 8.90. The summed E-state index contributed by atoms with van der Waals surface area (Å²) in [5.41, 5.74) is 0.521. The zero-order chi connectivity index (χ0) is 20.8. The number of ether oxygens (including phenoxy) is 4. The molecule has 1 fully saturated rings. The van der Waals surface area contributed by atoms with Crippen molar-refractivity contribution < 1.29 is 37.7 Å². The summed E-state index contributed by atoms with van der Waals surface area (Å²) >= 11 is 0. The third kappa shape index (κ3) is 5.17. The molecule has 0 unspecified atom stereocenters. The molecule has 8 heteroatoms. The first-order valence-electron chi connectivity index (χ1n) is 8.90. The van der Waals surface area contributed by atoms with E-state index in [4.69, 9.17) is 18.9 Å². The Kier molecular flexibility index (Phi) is 6.56. The van der Waals surface area contributed by atoms with Crippen molar-refractivity contribution in [3.05, 3.63) is 71.8 Å². The summed E-state index contributed by atoms with van der Waals surface area (Å²) in [6, 6.07) is 16.2. The quantitative estimate of drug-likeness (QED) is 0.542. The highest BCUT2D eigenvalue weighted by atomic mass is 19.1. The summed E-state index contributed by atoms with van der Waals surface area (Å²) < 4.78 is 35.3. The van der Waals surface area contributed by atoms with Gasteiger partial charge < -0.3 is 18.9 Å². The van der Waals surface area contributed by atoms with Crippen LogP contribution in [0.3, 0.4) is 0 Å². The topological polar surface area (TPSA) is 88.1 Å². The van der Waals surface area contributed by atoms with Gasteiger partial charge in [0, 0.05) is 6.92 Å². The minimum absolute atomic E-state index is 0.218. The van der Waals surface area contributed by atoms with Crippen LogP contribution >= 0.6 is 0 Å². The summed E-state index contributed by atoms with van der Waals surface area (Å²) in [7, 11) is 0. The number of esters is 3. The molecule has 1 saturated heterocycles. The molecule has 2 aromatic rings. The Morgan fingerprint density at radius 2 is 1.45 bits per heavy atom. The van der Waals surface area contributed by atoms with Crippen LogP contribution in [0.1, 0.15) is 27.6 Å². The number of carbonyl (C=O) groups excluding carboxylic acids is 3. The molecule has 0 radical (unpaired) electrons. The van der Waals surface area contributed by atoms with Gasteiger partial charge in [0.05, 0.1) is 11.1 Å². The van der Waals surface area contributed by atoms with E-state index in [0.717, 1.165) is 6.92 Å². The molecule has 3 rings (SSSR count). The molecule has 4 atom stereocenters. The van der Waals surface area contributed by atoms with Crippen molar-refractivity contribution in [1.29, 1.82) is 0 Å². The van der Waals surface area contributed by atoms with E-state index in [0.29, 0.717) is 5.56 Å². The maximum atomic E-state index is 14.8. The molecule has 1 aliphatic rings. The number of benzene rings is 2. The zero-order valence-corrected chi connectivity index (χ0v) is 15.5. The normalized spacial score (nSPS) is 23.2. The van der Waals surface area contributed by atoms with E-state index in [1.165, 1.54) is 12.1 Å². The van der Waals surface area contributed by atoms with Crippen molar-refractivity contribution in [2.45, 2.75) is 31.6 Å². The molecule has 0 aliphatic carbocycles. The number of carbonyl (C=O) groups is 3. The van der Waals surface area contributed by atoms with E-state index in [-0.39, 0.29) is 5.56 Å². The van der Waals surface area contributed by atoms with E-state index < -0.39 is 49.2 Å². The van der Waals surface area contributed by atoms with Gasteiger partial charge >= 0.3 is 17.9 Å². The second-order valence-electron chi connectivity index (χ2n) is 6.30. The second kappa shape index (κ2) is 9.29. The molecule has 7 nitrogen and oxygen atoms in total. The Balaban J connectivity index is 1.70. The van der Waals surface area contributed by atoms with Gasteiger partial charge in [-0.15, -0.1) is 0 Å². The molecule has 152 valence electrons. The number of alkyl halides is 1. The molecular weight excluding hydrogens is 383 g/mol. The third-order valence-electron chi connectivity index (χ3n) is 4.17. The molecule has 1 heterocycles. The number of hydrogen-bond acceptors (Lipinski definition) is 7. The Morgan fingerprint density at radius 1 is 0.897 bits per heavy atom. The Hall–Kier alpha value is -3.26. The van der Waals surface area contributed by atoms with Crippen LogP contribution in [0, 0.1) is 0 Å². The van der Waals surface area contributed by atoms with Crippen LogP contribution in [-0.4, -0.2) is 49.2 Å². The Labute approximate surface area is 166 Å². The number of rotatable bonds is 6. The maximum absolute atomic E-state index is 14.8. The molecule has 29 heavy (non-hydrogen) atoms.